The van der Waals surface area contributed by atoms with Crippen LogP contribution in [0.1, 0.15) is 154 Å². The Morgan fingerprint density at radius 1 is 0.575 bits per heavy atom. The van der Waals surface area contributed by atoms with Crippen molar-refractivity contribution in [3.05, 3.63) is 0 Å². The summed E-state index contributed by atoms with van der Waals surface area (Å²) in [4.78, 5) is 24.2. The zero-order valence-electron chi connectivity index (χ0n) is 31.1. The van der Waals surface area contributed by atoms with Gasteiger partial charge in [-0.3, -0.25) is 14.1 Å². The first kappa shape index (κ1) is 52.4. The topological polar surface area (TPSA) is 107 Å². The van der Waals surface area contributed by atoms with Gasteiger partial charge in [0.1, 0.15) is 0 Å². The van der Waals surface area contributed by atoms with Gasteiger partial charge in [-0.25, -0.2) is 0 Å². The summed E-state index contributed by atoms with van der Waals surface area (Å²) in [6, 6.07) is 0. The van der Waals surface area contributed by atoms with Gasteiger partial charge in [-0.15, -0.1) is 0 Å². The molecular weight excluding hydrogens is 572 g/mol. The number of ether oxygens (including phenoxy) is 2. The monoisotopic (exact) mass is 630 g/mol. The fraction of sp³-hybridized carbons (Fsp3) is 0.929. The van der Waals surface area contributed by atoms with Crippen LogP contribution in [0.25, 0.3) is 0 Å². The molecule has 40 heavy (non-hydrogen) atoms. The van der Waals surface area contributed by atoms with E-state index < -0.39 is 33.7 Å². The maximum Gasteiger partial charge on any atom is 1.00 e. The zero-order valence-corrected chi connectivity index (χ0v) is 36.0. The van der Waals surface area contributed by atoms with Crippen molar-refractivity contribution < 1.29 is 156 Å². The van der Waals surface area contributed by atoms with Gasteiger partial charge in [0.2, 0.25) is 0 Å². The van der Waals surface area contributed by atoms with Crippen LogP contribution >= 0.6 is 0 Å². The molecule has 1 atom stereocenters. The number of hydrogen-bond donors (Lipinski definition) is 1. The summed E-state index contributed by atoms with van der Waals surface area (Å²) >= 11 is 0. The Bertz CT molecular complexity index is 672. The van der Waals surface area contributed by atoms with E-state index in [1.807, 2.05) is 0 Å². The van der Waals surface area contributed by atoms with Crippen LogP contribution < -0.4 is 118 Å². The minimum atomic E-state index is -4.75. The average molecular weight is 631 g/mol. The molecule has 0 radical (unpaired) electrons. The Morgan fingerprint density at radius 2 is 0.875 bits per heavy atom. The fourth-order valence-corrected chi connectivity index (χ4v) is 4.81. The summed E-state index contributed by atoms with van der Waals surface area (Å²) in [6.45, 7) is 4.67. The molecule has 0 aliphatic heterocycles. The summed E-state index contributed by atoms with van der Waals surface area (Å²) < 4.78 is 42.7. The summed E-state index contributed by atoms with van der Waals surface area (Å²) in [5.74, 6) is -1.91. The second-order valence-electron chi connectivity index (χ2n) is 9.96. The second-order valence-corrected chi connectivity index (χ2v) is 11.6. The van der Waals surface area contributed by atoms with Crippen LogP contribution in [0.15, 0.2) is 0 Å². The number of esters is 2. The van der Waals surface area contributed by atoms with Crippen LogP contribution in [-0.2, 0) is 29.2 Å². The smallest absolute Gasteiger partial charge is 1.00 e. The van der Waals surface area contributed by atoms with E-state index in [0.29, 0.717) is 12.8 Å². The van der Waals surface area contributed by atoms with E-state index in [9.17, 15) is 22.6 Å². The molecule has 0 aliphatic rings. The molecule has 0 spiro atoms. The van der Waals surface area contributed by atoms with Crippen molar-refractivity contribution in [3.8, 4) is 0 Å². The third-order valence-corrected chi connectivity index (χ3v) is 7.56. The summed E-state index contributed by atoms with van der Waals surface area (Å²) in [7, 11) is -4.75. The van der Waals surface area contributed by atoms with Gasteiger partial charge in [0.05, 0.1) is 19.6 Å². The molecule has 0 aromatic carbocycles. The maximum absolute atomic E-state index is 12.2. The fourth-order valence-electron chi connectivity index (χ4n) is 4.15. The minimum Gasteiger partial charge on any atom is -1.00 e. The van der Waals surface area contributed by atoms with Crippen molar-refractivity contribution >= 4 is 22.1 Å². The van der Waals surface area contributed by atoms with E-state index in [1.54, 1.807) is 0 Å². The van der Waals surface area contributed by atoms with Gasteiger partial charge < -0.3 is 15.2 Å². The van der Waals surface area contributed by atoms with Crippen molar-refractivity contribution in [1.82, 2.24) is 0 Å². The maximum atomic E-state index is 12.2. The molecule has 1 unspecified atom stereocenters. The summed E-state index contributed by atoms with van der Waals surface area (Å²) in [5, 5.41) is -1.93. The number of carbonyl (C=O) groups is 2. The van der Waals surface area contributed by atoms with Gasteiger partial charge in [0.25, 0.3) is 10.1 Å². The zero-order chi connectivity index (χ0) is 26.9. The van der Waals surface area contributed by atoms with Crippen molar-refractivity contribution in [2.24, 2.45) is 0 Å². The third-order valence-electron chi connectivity index (χ3n) is 6.48. The van der Waals surface area contributed by atoms with Crippen molar-refractivity contribution in [2.75, 3.05) is 13.2 Å². The molecule has 0 aliphatic carbocycles. The van der Waals surface area contributed by atoms with Gasteiger partial charge in [0, 0.05) is 0 Å². The Kier molecular flexibility index (Phi) is 49.8. The normalized spacial score (nSPS) is 11.2. The van der Waals surface area contributed by atoms with Gasteiger partial charge in [-0.2, -0.15) is 8.42 Å². The first-order valence-corrected chi connectivity index (χ1v) is 16.1. The average Bonchev–Trinajstić information content (AvgIpc) is 2.83. The molecule has 0 aromatic rings. The Hall–Kier alpha value is 2.85. The quantitative estimate of drug-likeness (QED) is 0.0450. The first-order valence-electron chi connectivity index (χ1n) is 14.6. The van der Waals surface area contributed by atoms with Crippen LogP contribution in [0.2, 0.25) is 0 Å². The molecule has 0 fully saturated rings. The summed E-state index contributed by atoms with van der Waals surface area (Å²) in [6.07, 6.45) is 22.1. The molecular formula is C28H58Na4O7S. The standard InChI is InChI=1S/C28H54O7S.4Na.4H/c1-3-5-7-9-11-13-15-17-19-21-23-34-27(29)25-26(36(31,32)33)28(30)35-24-22-20-18-16-14-12-10-8-6-4-2;;;;;;;;/h26H,3-25H2,1-2H3,(H,31,32,33);;;;;;;;/q;4*+1;4*-1. The molecule has 0 aromatic heterocycles. The predicted octanol–water partition coefficient (Wildman–Crippen LogP) is -3.97. The van der Waals surface area contributed by atoms with Crippen LogP contribution in [0.5, 0.6) is 0 Å². The van der Waals surface area contributed by atoms with E-state index in [1.165, 1.54) is 77.0 Å². The van der Waals surface area contributed by atoms with Crippen LogP contribution in [0.4, 0.5) is 0 Å². The van der Waals surface area contributed by atoms with Gasteiger partial charge in [-0.1, -0.05) is 129 Å². The van der Waals surface area contributed by atoms with E-state index in [-0.39, 0.29) is 137 Å². The number of carbonyl (C=O) groups excluding carboxylic acids is 2. The van der Waals surface area contributed by atoms with E-state index in [2.05, 4.69) is 13.8 Å². The Balaban J connectivity index is -0.000000219. The van der Waals surface area contributed by atoms with Crippen LogP contribution in [0, 0.1) is 0 Å². The van der Waals surface area contributed by atoms with E-state index in [4.69, 9.17) is 9.47 Å². The van der Waals surface area contributed by atoms with Gasteiger partial charge in [0.15, 0.2) is 5.25 Å². The molecule has 0 saturated carbocycles. The number of hydrogen-bond acceptors (Lipinski definition) is 6. The largest absolute Gasteiger partial charge is 1.00 e. The second kappa shape index (κ2) is 38.0. The molecule has 12 heteroatoms. The third kappa shape index (κ3) is 35.3. The molecule has 0 saturated heterocycles. The SMILES string of the molecule is CCCCCCCCCCCCOC(=O)CC(C(=O)OCCCCCCCCCCCC)S(=O)(=O)O.[H-].[H-].[H-].[H-].[Na+].[Na+].[Na+].[Na+]. The van der Waals surface area contributed by atoms with Gasteiger partial charge in [-0.05, 0) is 12.8 Å². The van der Waals surface area contributed by atoms with Gasteiger partial charge >= 0.3 is 130 Å². The molecule has 0 rings (SSSR count). The van der Waals surface area contributed by atoms with Crippen molar-refractivity contribution in [2.45, 2.75) is 154 Å². The molecule has 222 valence electrons. The molecule has 7 nitrogen and oxygen atoms in total. The van der Waals surface area contributed by atoms with Crippen LogP contribution in [0.3, 0.4) is 0 Å². The minimum absolute atomic E-state index is 0. The predicted molar refractivity (Wildman–Crippen MR) is 150 cm³/mol. The molecule has 0 bridgehead atoms. The van der Waals surface area contributed by atoms with E-state index in [0.717, 1.165) is 38.5 Å². The molecule has 0 heterocycles. The van der Waals surface area contributed by atoms with Crippen molar-refractivity contribution in [3.63, 3.8) is 0 Å². The molecule has 0 amide bonds. The molecule has 1 N–H and O–H groups in total. The van der Waals surface area contributed by atoms with Crippen LogP contribution in [-0.4, -0.2) is 43.4 Å². The van der Waals surface area contributed by atoms with Crippen molar-refractivity contribution in [1.29, 1.82) is 0 Å². The number of unbranched alkanes of at least 4 members (excludes halogenated alkanes) is 18. The summed E-state index contributed by atoms with van der Waals surface area (Å²) in [5.41, 5.74) is 0. The first-order chi connectivity index (χ1) is 17.3. The van der Waals surface area contributed by atoms with E-state index >= 15 is 0 Å². The Morgan fingerprint density at radius 3 is 1.20 bits per heavy atom. The Labute approximate surface area is 340 Å². The number of rotatable bonds is 26.